The van der Waals surface area contributed by atoms with Crippen molar-refractivity contribution in [3.05, 3.63) is 42.0 Å². The highest BCUT2D eigenvalue weighted by Crippen LogP contribution is 2.26. The molecule has 1 aliphatic heterocycles. The van der Waals surface area contributed by atoms with E-state index in [9.17, 15) is 4.79 Å². The third-order valence-electron chi connectivity index (χ3n) is 3.79. The largest absolute Gasteiger partial charge is 0.322 e. The molecule has 0 radical (unpaired) electrons. The lowest BCUT2D eigenvalue weighted by molar-refractivity contribution is -0.118. The fraction of sp³-hybridized carbons (Fsp3) is 0.400. The zero-order valence-electron chi connectivity index (χ0n) is 12.3. The van der Waals surface area contributed by atoms with Gasteiger partial charge in [0.25, 0.3) is 0 Å². The molecule has 6 nitrogen and oxygen atoms in total. The summed E-state index contributed by atoms with van der Waals surface area (Å²) in [5, 5.41) is 7.12. The predicted octanol–water partition coefficient (Wildman–Crippen LogP) is 1.16. The van der Waals surface area contributed by atoms with Crippen LogP contribution >= 0.6 is 0 Å². The van der Waals surface area contributed by atoms with Crippen LogP contribution in [0.2, 0.25) is 0 Å². The second-order valence-corrected chi connectivity index (χ2v) is 5.52. The summed E-state index contributed by atoms with van der Waals surface area (Å²) in [6.07, 6.45) is 5.45. The van der Waals surface area contributed by atoms with Crippen LogP contribution in [0.25, 0.3) is 0 Å². The van der Waals surface area contributed by atoms with E-state index in [1.165, 1.54) is 5.56 Å². The van der Waals surface area contributed by atoms with Crippen molar-refractivity contribution in [2.75, 3.05) is 25.0 Å². The molecule has 0 saturated carbocycles. The van der Waals surface area contributed by atoms with Crippen LogP contribution in [-0.4, -0.2) is 45.2 Å². The summed E-state index contributed by atoms with van der Waals surface area (Å²) >= 11 is 0. The number of hydrogen-bond donors (Lipinski definition) is 1. The van der Waals surface area contributed by atoms with Crippen molar-refractivity contribution in [3.63, 3.8) is 0 Å². The molecule has 1 saturated heterocycles. The van der Waals surface area contributed by atoms with E-state index < -0.39 is 0 Å². The molecule has 1 N–H and O–H groups in total. The Bertz CT molecular complexity index is 631. The summed E-state index contributed by atoms with van der Waals surface area (Å²) in [6, 6.07) is 4.09. The first kappa shape index (κ1) is 13.8. The molecule has 2 aromatic rings. The first-order chi connectivity index (χ1) is 10.1. The summed E-state index contributed by atoms with van der Waals surface area (Å²) in [5.74, 6) is 0.528. The number of carbonyl (C=O) groups excluding carboxylic acids is 1. The number of nitrogens with one attached hydrogen (secondary N) is 1. The van der Waals surface area contributed by atoms with Gasteiger partial charge >= 0.3 is 0 Å². The molecule has 0 bridgehead atoms. The Morgan fingerprint density at radius 3 is 2.71 bits per heavy atom. The molecule has 1 amide bonds. The monoisotopic (exact) mass is 285 g/mol. The number of anilines is 1. The highest BCUT2D eigenvalue weighted by atomic mass is 16.2. The highest BCUT2D eigenvalue weighted by molar-refractivity contribution is 5.92. The molecule has 6 heteroatoms. The topological polar surface area (TPSA) is 63.1 Å². The molecule has 3 rings (SSSR count). The minimum absolute atomic E-state index is 0.0132. The zero-order valence-corrected chi connectivity index (χ0v) is 12.3. The van der Waals surface area contributed by atoms with Gasteiger partial charge in [0.2, 0.25) is 5.91 Å². The lowest BCUT2D eigenvalue weighted by Crippen LogP contribution is -2.48. The van der Waals surface area contributed by atoms with Gasteiger partial charge in [0.15, 0.2) is 0 Å². The van der Waals surface area contributed by atoms with Gasteiger partial charge in [-0.3, -0.25) is 19.4 Å². The van der Waals surface area contributed by atoms with Crippen LogP contribution in [0.15, 0.2) is 30.7 Å². The second kappa shape index (κ2) is 5.65. The number of aromatic nitrogens is 3. The van der Waals surface area contributed by atoms with Gasteiger partial charge in [0, 0.05) is 44.6 Å². The van der Waals surface area contributed by atoms with E-state index in [1.807, 2.05) is 44.7 Å². The van der Waals surface area contributed by atoms with Gasteiger partial charge in [-0.05, 0) is 24.6 Å². The maximum Gasteiger partial charge on any atom is 0.238 e. The summed E-state index contributed by atoms with van der Waals surface area (Å²) in [5.41, 5.74) is 2.92. The first-order valence-electron chi connectivity index (χ1n) is 7.04. The van der Waals surface area contributed by atoms with Crippen LogP contribution in [0.5, 0.6) is 0 Å². The molecular formula is C15H19N5O. The Balaban J connectivity index is 1.48. The third kappa shape index (κ3) is 3.11. The van der Waals surface area contributed by atoms with Crippen LogP contribution in [0.1, 0.15) is 17.2 Å². The molecule has 2 aromatic heterocycles. The Labute approximate surface area is 123 Å². The molecule has 0 aliphatic carbocycles. The van der Waals surface area contributed by atoms with Crippen molar-refractivity contribution < 1.29 is 4.79 Å². The lowest BCUT2D eigenvalue weighted by Gasteiger charge is -2.38. The van der Waals surface area contributed by atoms with Crippen molar-refractivity contribution in [3.8, 4) is 0 Å². The second-order valence-electron chi connectivity index (χ2n) is 5.52. The summed E-state index contributed by atoms with van der Waals surface area (Å²) in [7, 11) is 1.84. The average Bonchev–Trinajstić information content (AvgIpc) is 2.72. The molecule has 1 aliphatic rings. The molecule has 110 valence electrons. The van der Waals surface area contributed by atoms with E-state index in [2.05, 4.69) is 20.3 Å². The number of amides is 1. The Morgan fingerprint density at radius 2 is 2.10 bits per heavy atom. The number of rotatable bonds is 4. The van der Waals surface area contributed by atoms with Crippen LogP contribution in [0.4, 0.5) is 5.69 Å². The van der Waals surface area contributed by atoms with Gasteiger partial charge in [-0.1, -0.05) is 0 Å². The smallest absolute Gasteiger partial charge is 0.238 e. The van der Waals surface area contributed by atoms with Crippen molar-refractivity contribution in [1.29, 1.82) is 0 Å². The minimum atomic E-state index is 0.0132. The Kier molecular flexibility index (Phi) is 3.70. The fourth-order valence-corrected chi connectivity index (χ4v) is 2.66. The van der Waals surface area contributed by atoms with Crippen LogP contribution in [-0.2, 0) is 11.8 Å². The number of pyridine rings is 1. The minimum Gasteiger partial charge on any atom is -0.322 e. The third-order valence-corrected chi connectivity index (χ3v) is 3.79. The van der Waals surface area contributed by atoms with E-state index in [4.69, 9.17) is 0 Å². The molecular weight excluding hydrogens is 266 g/mol. The molecule has 0 atom stereocenters. The SMILES string of the molecule is Cc1nn(C)cc1NC(=O)CN1CC(c2ccncc2)C1. The van der Waals surface area contributed by atoms with E-state index in [-0.39, 0.29) is 5.91 Å². The van der Waals surface area contributed by atoms with Crippen LogP contribution in [0, 0.1) is 6.92 Å². The summed E-state index contributed by atoms with van der Waals surface area (Å²) in [6.45, 7) is 4.15. The van der Waals surface area contributed by atoms with Gasteiger partial charge in [-0.15, -0.1) is 0 Å². The van der Waals surface area contributed by atoms with Gasteiger partial charge in [0.05, 0.1) is 17.9 Å². The Morgan fingerprint density at radius 1 is 1.38 bits per heavy atom. The van der Waals surface area contributed by atoms with Crippen LogP contribution in [0.3, 0.4) is 0 Å². The number of aryl methyl sites for hydroxylation is 2. The maximum absolute atomic E-state index is 12.0. The van der Waals surface area contributed by atoms with E-state index in [1.54, 1.807) is 4.68 Å². The van der Waals surface area contributed by atoms with Crippen molar-refractivity contribution in [1.82, 2.24) is 19.7 Å². The average molecular weight is 285 g/mol. The molecule has 21 heavy (non-hydrogen) atoms. The molecule has 0 aromatic carbocycles. The summed E-state index contributed by atoms with van der Waals surface area (Å²) < 4.78 is 1.70. The van der Waals surface area contributed by atoms with Gasteiger partial charge in [-0.2, -0.15) is 5.10 Å². The van der Waals surface area contributed by atoms with Crippen molar-refractivity contribution >= 4 is 11.6 Å². The van der Waals surface area contributed by atoms with Crippen molar-refractivity contribution in [2.24, 2.45) is 7.05 Å². The number of likely N-dealkylation sites (tertiary alicyclic amines) is 1. The van der Waals surface area contributed by atoms with Gasteiger partial charge in [0.1, 0.15) is 0 Å². The fourth-order valence-electron chi connectivity index (χ4n) is 2.66. The van der Waals surface area contributed by atoms with Gasteiger partial charge in [-0.25, -0.2) is 0 Å². The molecule has 0 spiro atoms. The number of nitrogens with zero attached hydrogens (tertiary/aromatic N) is 4. The number of carbonyl (C=O) groups is 1. The highest BCUT2D eigenvalue weighted by Gasteiger charge is 2.29. The quantitative estimate of drug-likeness (QED) is 0.915. The standard InChI is InChI=1S/C15H19N5O/c1-11-14(9-19(2)18-11)17-15(21)10-20-7-13(8-20)12-3-5-16-6-4-12/h3-6,9,13H,7-8,10H2,1-2H3,(H,17,21). The summed E-state index contributed by atoms with van der Waals surface area (Å²) in [4.78, 5) is 18.2. The zero-order chi connectivity index (χ0) is 14.8. The predicted molar refractivity (Wildman–Crippen MR) is 80.0 cm³/mol. The number of hydrogen-bond acceptors (Lipinski definition) is 4. The lowest BCUT2D eigenvalue weighted by atomic mass is 9.92. The van der Waals surface area contributed by atoms with Gasteiger partial charge < -0.3 is 5.32 Å². The normalized spacial score (nSPS) is 15.7. The maximum atomic E-state index is 12.0. The molecule has 0 unspecified atom stereocenters. The van der Waals surface area contributed by atoms with Crippen LogP contribution < -0.4 is 5.32 Å². The van der Waals surface area contributed by atoms with Crippen molar-refractivity contribution in [2.45, 2.75) is 12.8 Å². The van der Waals surface area contributed by atoms with E-state index in [0.29, 0.717) is 12.5 Å². The molecule has 3 heterocycles. The first-order valence-corrected chi connectivity index (χ1v) is 7.04. The van der Waals surface area contributed by atoms with E-state index in [0.717, 1.165) is 24.5 Å². The van der Waals surface area contributed by atoms with E-state index >= 15 is 0 Å². The molecule has 1 fully saturated rings. The Hall–Kier alpha value is -2.21.